The zero-order chi connectivity index (χ0) is 13.7. The Labute approximate surface area is 114 Å². The fourth-order valence-electron chi connectivity index (χ4n) is 2.76. The predicted molar refractivity (Wildman–Crippen MR) is 78.3 cm³/mol. The van der Waals surface area contributed by atoms with Gasteiger partial charge in [-0.15, -0.1) is 0 Å². The van der Waals surface area contributed by atoms with Gasteiger partial charge in [-0.3, -0.25) is 4.79 Å². The lowest BCUT2D eigenvalue weighted by atomic mass is 10.1. The molecule has 0 bridgehead atoms. The Morgan fingerprint density at radius 2 is 1.95 bits per heavy atom. The lowest BCUT2D eigenvalue weighted by molar-refractivity contribution is 0.112. The standard InChI is InChI=1S/C17H12O3/c1-2-10-9-19-15-7-14-12-5-3-4-11(8-18)17(12)20-16(14)6-13(10)15/h3-9H,2H2,1H3. The van der Waals surface area contributed by atoms with Crippen molar-refractivity contribution in [1.82, 2.24) is 0 Å². The van der Waals surface area contributed by atoms with Gasteiger partial charge in [-0.1, -0.05) is 19.1 Å². The van der Waals surface area contributed by atoms with Crippen LogP contribution in [0.15, 0.2) is 45.4 Å². The molecule has 98 valence electrons. The molecule has 0 saturated heterocycles. The summed E-state index contributed by atoms with van der Waals surface area (Å²) in [5.74, 6) is 0. The van der Waals surface area contributed by atoms with Crippen LogP contribution < -0.4 is 0 Å². The number of hydrogen-bond acceptors (Lipinski definition) is 3. The van der Waals surface area contributed by atoms with Crippen LogP contribution in [-0.4, -0.2) is 6.29 Å². The van der Waals surface area contributed by atoms with Crippen molar-refractivity contribution < 1.29 is 13.6 Å². The molecule has 2 heterocycles. The molecule has 0 atom stereocenters. The topological polar surface area (TPSA) is 43.4 Å². The van der Waals surface area contributed by atoms with Gasteiger partial charge in [0, 0.05) is 16.2 Å². The van der Waals surface area contributed by atoms with Crippen LogP contribution in [0.1, 0.15) is 22.8 Å². The average molecular weight is 264 g/mol. The minimum Gasteiger partial charge on any atom is -0.464 e. The van der Waals surface area contributed by atoms with E-state index >= 15 is 0 Å². The van der Waals surface area contributed by atoms with Gasteiger partial charge >= 0.3 is 0 Å². The molecule has 4 aromatic rings. The average Bonchev–Trinajstić information content (AvgIpc) is 3.04. The van der Waals surface area contributed by atoms with Crippen molar-refractivity contribution in [2.75, 3.05) is 0 Å². The molecule has 3 heteroatoms. The highest BCUT2D eigenvalue weighted by molar-refractivity contribution is 6.12. The number of carbonyl (C=O) groups excluding carboxylic acids is 1. The SMILES string of the molecule is CCc1coc2cc3c(cc12)oc1c(C=O)cccc13. The molecular weight excluding hydrogens is 252 g/mol. The Bertz CT molecular complexity index is 957. The Balaban J connectivity index is 2.19. The number of carbonyl (C=O) groups is 1. The molecule has 0 amide bonds. The first-order chi connectivity index (χ1) is 9.81. The van der Waals surface area contributed by atoms with E-state index < -0.39 is 0 Å². The molecule has 0 aliphatic rings. The minimum atomic E-state index is 0.575. The molecule has 3 nitrogen and oxygen atoms in total. The maximum absolute atomic E-state index is 11.1. The smallest absolute Gasteiger partial charge is 0.153 e. The monoisotopic (exact) mass is 264 g/mol. The second-order valence-electron chi connectivity index (χ2n) is 4.90. The lowest BCUT2D eigenvalue weighted by Gasteiger charge is -1.93. The van der Waals surface area contributed by atoms with Crippen molar-refractivity contribution in [3.8, 4) is 0 Å². The van der Waals surface area contributed by atoms with Crippen LogP contribution in [-0.2, 0) is 6.42 Å². The fourth-order valence-corrected chi connectivity index (χ4v) is 2.76. The third-order valence-corrected chi connectivity index (χ3v) is 3.81. The van der Waals surface area contributed by atoms with Crippen LogP contribution >= 0.6 is 0 Å². The van der Waals surface area contributed by atoms with E-state index in [1.54, 1.807) is 12.3 Å². The van der Waals surface area contributed by atoms with Crippen molar-refractivity contribution in [1.29, 1.82) is 0 Å². The van der Waals surface area contributed by atoms with E-state index in [4.69, 9.17) is 8.83 Å². The van der Waals surface area contributed by atoms with Crippen molar-refractivity contribution >= 4 is 39.2 Å². The Hall–Kier alpha value is -2.55. The molecule has 2 aromatic carbocycles. The van der Waals surface area contributed by atoms with E-state index in [1.165, 1.54) is 0 Å². The summed E-state index contributed by atoms with van der Waals surface area (Å²) in [7, 11) is 0. The van der Waals surface area contributed by atoms with E-state index in [-0.39, 0.29) is 0 Å². The molecule has 20 heavy (non-hydrogen) atoms. The molecule has 0 unspecified atom stereocenters. The fraction of sp³-hybridized carbons (Fsp3) is 0.118. The van der Waals surface area contributed by atoms with E-state index in [9.17, 15) is 4.79 Å². The molecule has 0 aliphatic carbocycles. The number of benzene rings is 2. The summed E-state index contributed by atoms with van der Waals surface area (Å²) >= 11 is 0. The number of hydrogen-bond donors (Lipinski definition) is 0. The van der Waals surface area contributed by atoms with Gasteiger partial charge in [0.25, 0.3) is 0 Å². The van der Waals surface area contributed by atoms with Gasteiger partial charge in [0.2, 0.25) is 0 Å². The molecular formula is C17H12O3. The van der Waals surface area contributed by atoms with Crippen molar-refractivity contribution in [3.05, 3.63) is 47.7 Å². The first-order valence-electron chi connectivity index (χ1n) is 6.62. The number of para-hydroxylation sites is 1. The second kappa shape index (κ2) is 3.97. The van der Waals surface area contributed by atoms with E-state index in [0.717, 1.165) is 45.6 Å². The summed E-state index contributed by atoms with van der Waals surface area (Å²) in [4.78, 5) is 11.1. The normalized spacial score (nSPS) is 11.7. The number of aryl methyl sites for hydroxylation is 1. The van der Waals surface area contributed by atoms with Gasteiger partial charge in [0.15, 0.2) is 6.29 Å². The molecule has 2 aromatic heterocycles. The quantitative estimate of drug-likeness (QED) is 0.492. The Morgan fingerprint density at radius 1 is 1.10 bits per heavy atom. The number of furan rings is 2. The van der Waals surface area contributed by atoms with Gasteiger partial charge in [-0.25, -0.2) is 0 Å². The van der Waals surface area contributed by atoms with Gasteiger partial charge in [-0.05, 0) is 30.2 Å². The van der Waals surface area contributed by atoms with E-state index in [0.29, 0.717) is 11.1 Å². The minimum absolute atomic E-state index is 0.575. The zero-order valence-electron chi connectivity index (χ0n) is 11.0. The molecule has 0 fully saturated rings. The van der Waals surface area contributed by atoms with Crippen LogP contribution in [0.5, 0.6) is 0 Å². The largest absolute Gasteiger partial charge is 0.464 e. The summed E-state index contributed by atoms with van der Waals surface area (Å²) in [5.41, 5.74) is 4.03. The highest BCUT2D eigenvalue weighted by Gasteiger charge is 2.13. The van der Waals surface area contributed by atoms with Crippen molar-refractivity contribution in [2.45, 2.75) is 13.3 Å². The summed E-state index contributed by atoms with van der Waals surface area (Å²) in [6.07, 6.45) is 3.53. The lowest BCUT2D eigenvalue weighted by Crippen LogP contribution is -1.78. The summed E-state index contributed by atoms with van der Waals surface area (Å²) in [6.45, 7) is 2.09. The van der Waals surface area contributed by atoms with Gasteiger partial charge in [0.05, 0.1) is 11.8 Å². The van der Waals surface area contributed by atoms with Crippen LogP contribution in [0, 0.1) is 0 Å². The van der Waals surface area contributed by atoms with Gasteiger partial charge in [0.1, 0.15) is 16.7 Å². The summed E-state index contributed by atoms with van der Waals surface area (Å²) in [6, 6.07) is 9.58. The van der Waals surface area contributed by atoms with E-state index in [2.05, 4.69) is 6.92 Å². The zero-order valence-corrected chi connectivity index (χ0v) is 11.0. The van der Waals surface area contributed by atoms with Crippen LogP contribution in [0.3, 0.4) is 0 Å². The first kappa shape index (κ1) is 11.3. The number of aldehydes is 1. The molecule has 0 aliphatic heterocycles. The van der Waals surface area contributed by atoms with Crippen molar-refractivity contribution in [3.63, 3.8) is 0 Å². The molecule has 0 saturated carbocycles. The third-order valence-electron chi connectivity index (χ3n) is 3.81. The van der Waals surface area contributed by atoms with Crippen LogP contribution in [0.25, 0.3) is 32.9 Å². The maximum atomic E-state index is 11.1. The van der Waals surface area contributed by atoms with Crippen molar-refractivity contribution in [2.24, 2.45) is 0 Å². The maximum Gasteiger partial charge on any atom is 0.153 e. The second-order valence-corrected chi connectivity index (χ2v) is 4.90. The molecule has 0 radical (unpaired) electrons. The number of fused-ring (bicyclic) bond motifs is 4. The third kappa shape index (κ3) is 1.37. The van der Waals surface area contributed by atoms with Gasteiger partial charge in [-0.2, -0.15) is 0 Å². The highest BCUT2D eigenvalue weighted by Crippen LogP contribution is 2.35. The summed E-state index contributed by atoms with van der Waals surface area (Å²) < 4.78 is 11.5. The highest BCUT2D eigenvalue weighted by atomic mass is 16.3. The molecule has 0 spiro atoms. The van der Waals surface area contributed by atoms with E-state index in [1.807, 2.05) is 24.3 Å². The van der Waals surface area contributed by atoms with Gasteiger partial charge < -0.3 is 8.83 Å². The summed E-state index contributed by atoms with van der Waals surface area (Å²) in [5, 5.41) is 3.00. The number of rotatable bonds is 2. The van der Waals surface area contributed by atoms with Crippen LogP contribution in [0.4, 0.5) is 0 Å². The molecule has 0 N–H and O–H groups in total. The Kier molecular flexibility index (Phi) is 2.24. The van der Waals surface area contributed by atoms with Crippen LogP contribution in [0.2, 0.25) is 0 Å². The predicted octanol–water partition coefficient (Wildman–Crippen LogP) is 4.71. The Morgan fingerprint density at radius 3 is 2.75 bits per heavy atom. The first-order valence-corrected chi connectivity index (χ1v) is 6.62. The molecule has 4 rings (SSSR count).